The molecule has 0 radical (unpaired) electrons. The van der Waals surface area contributed by atoms with Gasteiger partial charge in [-0.15, -0.1) is 4.91 Å². The van der Waals surface area contributed by atoms with Crippen molar-refractivity contribution in [1.29, 1.82) is 0 Å². The maximum Gasteiger partial charge on any atom is 0.124 e. The van der Waals surface area contributed by atoms with Gasteiger partial charge in [0.05, 0.1) is 22.3 Å². The van der Waals surface area contributed by atoms with Crippen molar-refractivity contribution in [3.05, 3.63) is 64.2 Å². The lowest BCUT2D eigenvalue weighted by Gasteiger charge is -2.09. The number of benzene rings is 1. The third-order valence-corrected chi connectivity index (χ3v) is 3.51. The molecule has 4 nitrogen and oxygen atoms in total. The summed E-state index contributed by atoms with van der Waals surface area (Å²) in [5.74, 6) is -0.102. The van der Waals surface area contributed by atoms with E-state index in [2.05, 4.69) is 15.1 Å². The average molecular weight is 247 g/mol. The molecule has 0 saturated carbocycles. The van der Waals surface area contributed by atoms with Crippen molar-refractivity contribution in [1.82, 2.24) is 9.97 Å². The number of hydrogen-bond donors (Lipinski definition) is 0. The van der Waals surface area contributed by atoms with Gasteiger partial charge in [-0.05, 0) is 22.9 Å². The standard InChI is InChI=1S/C15H9N3O/c19-18-14-10-6-2-1-5-9(10)13-15(14)17-12-8-4-3-7-11(12)16-13/h1-8,10H. The number of hydrogen-bond acceptors (Lipinski definition) is 4. The fraction of sp³-hybridized carbons (Fsp3) is 0.0667. The van der Waals surface area contributed by atoms with Gasteiger partial charge in [-0.3, -0.25) is 0 Å². The van der Waals surface area contributed by atoms with Crippen molar-refractivity contribution in [3.63, 3.8) is 0 Å². The lowest BCUT2D eigenvalue weighted by atomic mass is 9.95. The highest BCUT2D eigenvalue weighted by Crippen LogP contribution is 2.29. The number of para-hydroxylation sites is 2. The molecule has 19 heavy (non-hydrogen) atoms. The summed E-state index contributed by atoms with van der Waals surface area (Å²) in [5.41, 5.74) is 3.09. The smallest absolute Gasteiger partial charge is 0.124 e. The minimum atomic E-state index is -0.102. The molecule has 1 aromatic heterocycles. The molecule has 1 atom stereocenters. The highest BCUT2D eigenvalue weighted by Gasteiger charge is 2.27. The van der Waals surface area contributed by atoms with E-state index in [-0.39, 0.29) is 5.92 Å². The van der Waals surface area contributed by atoms with Crippen LogP contribution in [0, 0.1) is 10.8 Å². The van der Waals surface area contributed by atoms with Crippen molar-refractivity contribution in [2.24, 2.45) is 11.1 Å². The quantitative estimate of drug-likeness (QED) is 0.716. The second-order valence-electron chi connectivity index (χ2n) is 4.56. The van der Waals surface area contributed by atoms with E-state index in [9.17, 15) is 4.91 Å². The molecule has 1 aromatic carbocycles. The van der Waals surface area contributed by atoms with Crippen molar-refractivity contribution in [2.45, 2.75) is 0 Å². The molecule has 0 bridgehead atoms. The molecule has 0 saturated heterocycles. The van der Waals surface area contributed by atoms with Crippen molar-refractivity contribution >= 4 is 22.3 Å². The monoisotopic (exact) mass is 247 g/mol. The van der Waals surface area contributed by atoms with Gasteiger partial charge in [-0.25, -0.2) is 9.97 Å². The fourth-order valence-corrected chi connectivity index (χ4v) is 2.63. The van der Waals surface area contributed by atoms with E-state index in [0.717, 1.165) is 22.0 Å². The molecule has 0 fully saturated rings. The van der Waals surface area contributed by atoms with Crippen LogP contribution >= 0.6 is 0 Å². The van der Waals surface area contributed by atoms with Gasteiger partial charge in [0.15, 0.2) is 0 Å². The van der Waals surface area contributed by atoms with E-state index in [1.165, 1.54) is 0 Å². The summed E-state index contributed by atoms with van der Waals surface area (Å²) < 4.78 is 0. The molecule has 1 unspecified atom stereocenters. The van der Waals surface area contributed by atoms with Crippen molar-refractivity contribution < 1.29 is 0 Å². The number of fused-ring (bicyclic) bond motifs is 3. The number of nitrogens with zero attached hydrogens (tertiary/aromatic N) is 3. The lowest BCUT2D eigenvalue weighted by Crippen LogP contribution is -2.31. The molecule has 2 aliphatic carbocycles. The average Bonchev–Trinajstić information content (AvgIpc) is 2.78. The number of aromatic nitrogens is 2. The summed E-state index contributed by atoms with van der Waals surface area (Å²) in [4.78, 5) is 20.3. The maximum absolute atomic E-state index is 11.1. The Kier molecular flexibility index (Phi) is 2.00. The van der Waals surface area contributed by atoms with Crippen LogP contribution in [0.15, 0.2) is 53.7 Å². The third-order valence-electron chi connectivity index (χ3n) is 3.51. The first-order valence-corrected chi connectivity index (χ1v) is 6.08. The van der Waals surface area contributed by atoms with Crippen molar-refractivity contribution in [3.8, 4) is 0 Å². The van der Waals surface area contributed by atoms with Gasteiger partial charge in [0.1, 0.15) is 11.0 Å². The summed E-state index contributed by atoms with van der Waals surface area (Å²) in [5, 5.41) is 4.57. The minimum Gasteiger partial charge on any atom is -0.244 e. The Morgan fingerprint density at radius 1 is 1.00 bits per heavy atom. The van der Waals surface area contributed by atoms with E-state index in [4.69, 9.17) is 0 Å². The van der Waals surface area contributed by atoms with E-state index in [1.54, 1.807) is 0 Å². The maximum atomic E-state index is 11.1. The Morgan fingerprint density at radius 2 is 1.74 bits per heavy atom. The zero-order chi connectivity index (χ0) is 12.8. The van der Waals surface area contributed by atoms with Crippen LogP contribution in [0.25, 0.3) is 22.3 Å². The second-order valence-corrected chi connectivity index (χ2v) is 4.56. The molecule has 2 aliphatic rings. The van der Waals surface area contributed by atoms with Crippen LogP contribution in [0.1, 0.15) is 0 Å². The van der Waals surface area contributed by atoms with Gasteiger partial charge in [0.25, 0.3) is 0 Å². The highest BCUT2D eigenvalue weighted by molar-refractivity contribution is 5.81. The van der Waals surface area contributed by atoms with E-state index >= 15 is 0 Å². The van der Waals surface area contributed by atoms with Crippen LogP contribution in [0.3, 0.4) is 0 Å². The first-order valence-electron chi connectivity index (χ1n) is 6.08. The summed E-state index contributed by atoms with van der Waals surface area (Å²) in [6.07, 6.45) is 7.80. The van der Waals surface area contributed by atoms with Crippen LogP contribution in [0.5, 0.6) is 0 Å². The van der Waals surface area contributed by atoms with Gasteiger partial charge in [0.2, 0.25) is 0 Å². The Morgan fingerprint density at radius 3 is 2.47 bits per heavy atom. The van der Waals surface area contributed by atoms with Crippen LogP contribution in [0.2, 0.25) is 0 Å². The molecule has 4 rings (SSSR count). The lowest BCUT2D eigenvalue weighted by molar-refractivity contribution is 1.08. The molecule has 4 heteroatoms. The largest absolute Gasteiger partial charge is 0.244 e. The van der Waals surface area contributed by atoms with Crippen LogP contribution < -0.4 is 10.7 Å². The number of allylic oxidation sites excluding steroid dienone is 3. The zero-order valence-electron chi connectivity index (χ0n) is 9.95. The fourth-order valence-electron chi connectivity index (χ4n) is 2.63. The SMILES string of the molecule is O=NC1=c2nc3ccccc3nc2=C2C=CC=CC21. The van der Waals surface area contributed by atoms with E-state index in [0.29, 0.717) is 11.0 Å². The van der Waals surface area contributed by atoms with Gasteiger partial charge in [-0.2, -0.15) is 0 Å². The summed E-state index contributed by atoms with van der Waals surface area (Å²) in [6, 6.07) is 7.66. The number of rotatable bonds is 1. The predicted molar refractivity (Wildman–Crippen MR) is 73.2 cm³/mol. The van der Waals surface area contributed by atoms with Crippen LogP contribution in [-0.2, 0) is 0 Å². The van der Waals surface area contributed by atoms with Crippen LogP contribution in [-0.4, -0.2) is 9.97 Å². The Labute approximate surface area is 108 Å². The topological polar surface area (TPSA) is 55.2 Å². The van der Waals surface area contributed by atoms with Crippen molar-refractivity contribution in [2.75, 3.05) is 0 Å². The van der Waals surface area contributed by atoms with Gasteiger partial charge < -0.3 is 0 Å². The third kappa shape index (κ3) is 1.34. The van der Waals surface area contributed by atoms with Crippen LogP contribution in [0.4, 0.5) is 0 Å². The molecule has 0 N–H and O–H groups in total. The molecule has 2 aromatic rings. The molecule has 0 spiro atoms. The first kappa shape index (κ1) is 10.3. The molecule has 1 heterocycles. The first-order chi connectivity index (χ1) is 9.38. The van der Waals surface area contributed by atoms with E-state index in [1.807, 2.05) is 48.6 Å². The predicted octanol–water partition coefficient (Wildman–Crippen LogP) is 1.41. The Hall–Kier alpha value is -2.62. The summed E-state index contributed by atoms with van der Waals surface area (Å²) in [6.45, 7) is 0. The van der Waals surface area contributed by atoms with Gasteiger partial charge in [-0.1, -0.05) is 36.4 Å². The minimum absolute atomic E-state index is 0.102. The Bertz CT molecular complexity index is 839. The van der Waals surface area contributed by atoms with Gasteiger partial charge >= 0.3 is 0 Å². The Balaban J connectivity index is 2.24. The molecule has 90 valence electrons. The van der Waals surface area contributed by atoms with E-state index < -0.39 is 0 Å². The second kappa shape index (κ2) is 3.68. The molecule has 0 aliphatic heterocycles. The number of nitroso groups, excluding NO2 is 1. The molecular weight excluding hydrogens is 238 g/mol. The summed E-state index contributed by atoms with van der Waals surface area (Å²) >= 11 is 0. The summed E-state index contributed by atoms with van der Waals surface area (Å²) in [7, 11) is 0. The zero-order valence-corrected chi connectivity index (χ0v) is 9.95. The molecular formula is C15H9N3O. The normalized spacial score (nSPS) is 19.7. The highest BCUT2D eigenvalue weighted by atomic mass is 16.3. The molecule has 0 amide bonds. The van der Waals surface area contributed by atoms with Gasteiger partial charge in [0, 0.05) is 0 Å².